The third-order valence-electron chi connectivity index (χ3n) is 3.39. The van der Waals surface area contributed by atoms with Gasteiger partial charge in [0.2, 0.25) is 0 Å². The van der Waals surface area contributed by atoms with Gasteiger partial charge in [-0.1, -0.05) is 31.5 Å². The van der Waals surface area contributed by atoms with Crippen LogP contribution < -0.4 is 4.74 Å². The maximum atomic E-state index is 12.4. The lowest BCUT2D eigenvalue weighted by atomic mass is 9.81. The summed E-state index contributed by atoms with van der Waals surface area (Å²) in [6.07, 6.45) is -1.86. The van der Waals surface area contributed by atoms with Gasteiger partial charge in [-0.15, -0.1) is 13.2 Å². The minimum atomic E-state index is -4.83. The zero-order valence-electron chi connectivity index (χ0n) is 13.0. The Morgan fingerprint density at radius 1 is 1.33 bits per heavy atom. The average molecular weight is 362 g/mol. The Hall–Kier alpha value is -2.09. The molecule has 5 nitrogen and oxygen atoms in total. The second-order valence-corrected chi connectivity index (χ2v) is 6.30. The summed E-state index contributed by atoms with van der Waals surface area (Å²) < 4.78 is 42.4. The molecule has 0 aliphatic rings. The third kappa shape index (κ3) is 4.95. The molecule has 0 atom stereocenters. The zero-order valence-corrected chi connectivity index (χ0v) is 13.7. The monoisotopic (exact) mass is 361 g/mol. The predicted octanol–water partition coefficient (Wildman–Crippen LogP) is 3.67. The summed E-state index contributed by atoms with van der Waals surface area (Å²) in [5.74, 6) is -0.609. The minimum Gasteiger partial charge on any atom is -0.404 e. The van der Waals surface area contributed by atoms with Crippen molar-refractivity contribution >= 4 is 17.4 Å². The average Bonchev–Trinajstić information content (AvgIpc) is 2.93. The lowest BCUT2D eigenvalue weighted by molar-refractivity contribution is -0.274. The number of ether oxygens (including phenoxy) is 1. The van der Waals surface area contributed by atoms with Crippen LogP contribution in [-0.4, -0.2) is 26.9 Å². The topological polar surface area (TPSA) is 57.0 Å². The number of nitrogens with zero attached hydrogens (tertiary/aromatic N) is 3. The zero-order chi connectivity index (χ0) is 18.0. The molecular weight excluding hydrogens is 347 g/mol. The van der Waals surface area contributed by atoms with Crippen LogP contribution in [-0.2, 0) is 17.8 Å². The molecule has 2 rings (SSSR count). The minimum absolute atomic E-state index is 0.0342. The SMILES string of the molecule is CC(C)(Cc1ccc(Cl)c(OC(F)(F)F)c1)C(=O)Cn1cncn1. The van der Waals surface area contributed by atoms with E-state index in [-0.39, 0.29) is 23.8 Å². The highest BCUT2D eigenvalue weighted by Gasteiger charge is 2.33. The molecule has 0 spiro atoms. The van der Waals surface area contributed by atoms with Crippen molar-refractivity contribution in [3.05, 3.63) is 41.4 Å². The first kappa shape index (κ1) is 18.3. The van der Waals surface area contributed by atoms with Crippen molar-refractivity contribution in [2.24, 2.45) is 5.41 Å². The number of carbonyl (C=O) groups is 1. The standard InChI is InChI=1S/C15H15ClF3N3O2/c1-14(2,13(23)7-22-9-20-8-21-22)6-10-3-4-11(16)12(5-10)24-15(17,18)19/h3-5,8-9H,6-7H2,1-2H3. The van der Waals surface area contributed by atoms with Gasteiger partial charge >= 0.3 is 6.36 Å². The molecule has 1 aromatic heterocycles. The molecule has 24 heavy (non-hydrogen) atoms. The van der Waals surface area contributed by atoms with Crippen LogP contribution in [0.5, 0.6) is 5.75 Å². The van der Waals surface area contributed by atoms with Crippen LogP contribution in [0.1, 0.15) is 19.4 Å². The van der Waals surface area contributed by atoms with Gasteiger partial charge in [0.25, 0.3) is 0 Å². The molecule has 0 radical (unpaired) electrons. The Labute approximate surface area is 141 Å². The first-order valence-electron chi connectivity index (χ1n) is 6.97. The maximum absolute atomic E-state index is 12.4. The van der Waals surface area contributed by atoms with Crippen molar-refractivity contribution in [3.8, 4) is 5.75 Å². The Balaban J connectivity index is 2.13. The van der Waals surface area contributed by atoms with E-state index in [0.29, 0.717) is 5.56 Å². The number of rotatable bonds is 6. The lowest BCUT2D eigenvalue weighted by Crippen LogP contribution is -2.30. The van der Waals surface area contributed by atoms with E-state index >= 15 is 0 Å². The number of aromatic nitrogens is 3. The molecular formula is C15H15ClF3N3O2. The number of halogens is 4. The van der Waals surface area contributed by atoms with E-state index in [1.54, 1.807) is 19.9 Å². The fourth-order valence-corrected chi connectivity index (χ4v) is 2.30. The number of alkyl halides is 3. The van der Waals surface area contributed by atoms with E-state index in [1.807, 2.05) is 0 Å². The quantitative estimate of drug-likeness (QED) is 0.787. The van der Waals surface area contributed by atoms with E-state index in [1.165, 1.54) is 29.5 Å². The molecule has 2 aromatic rings. The van der Waals surface area contributed by atoms with Gasteiger partial charge in [-0.2, -0.15) is 5.10 Å². The van der Waals surface area contributed by atoms with Crippen LogP contribution in [0.25, 0.3) is 0 Å². The molecule has 1 heterocycles. The van der Waals surface area contributed by atoms with Crippen LogP contribution >= 0.6 is 11.6 Å². The van der Waals surface area contributed by atoms with Gasteiger partial charge in [0, 0.05) is 5.41 Å². The second kappa shape index (κ2) is 6.80. The summed E-state index contributed by atoms with van der Waals surface area (Å²) in [4.78, 5) is 16.1. The number of benzene rings is 1. The van der Waals surface area contributed by atoms with E-state index < -0.39 is 17.5 Å². The number of hydrogen-bond donors (Lipinski definition) is 0. The number of hydrogen-bond acceptors (Lipinski definition) is 4. The summed E-state index contributed by atoms with van der Waals surface area (Å²) in [7, 11) is 0. The summed E-state index contributed by atoms with van der Waals surface area (Å²) in [5, 5.41) is 3.71. The summed E-state index contributed by atoms with van der Waals surface area (Å²) in [6, 6.07) is 4.08. The Morgan fingerprint density at radius 3 is 2.62 bits per heavy atom. The van der Waals surface area contributed by atoms with Gasteiger partial charge in [-0.25, -0.2) is 9.67 Å². The van der Waals surface area contributed by atoms with Crippen molar-refractivity contribution in [2.75, 3.05) is 0 Å². The molecule has 0 aliphatic heterocycles. The van der Waals surface area contributed by atoms with Gasteiger partial charge in [0.15, 0.2) is 5.78 Å². The largest absolute Gasteiger partial charge is 0.573 e. The highest BCUT2D eigenvalue weighted by molar-refractivity contribution is 6.32. The normalized spacial score (nSPS) is 12.2. The fourth-order valence-electron chi connectivity index (χ4n) is 2.15. The van der Waals surface area contributed by atoms with Crippen LogP contribution in [0.15, 0.2) is 30.9 Å². The Morgan fingerprint density at radius 2 is 2.04 bits per heavy atom. The molecule has 9 heteroatoms. The van der Waals surface area contributed by atoms with Gasteiger partial charge < -0.3 is 4.74 Å². The summed E-state index contributed by atoms with van der Waals surface area (Å²) in [6.45, 7) is 3.46. The highest BCUT2D eigenvalue weighted by Crippen LogP contribution is 2.33. The van der Waals surface area contributed by atoms with E-state index in [4.69, 9.17) is 11.6 Å². The molecule has 130 valence electrons. The first-order valence-corrected chi connectivity index (χ1v) is 7.34. The molecule has 1 aromatic carbocycles. The smallest absolute Gasteiger partial charge is 0.404 e. The number of carbonyl (C=O) groups excluding carboxylic acids is 1. The van der Waals surface area contributed by atoms with Crippen molar-refractivity contribution < 1.29 is 22.7 Å². The number of ketones is 1. The second-order valence-electron chi connectivity index (χ2n) is 5.89. The molecule has 0 amide bonds. The Bertz CT molecular complexity index is 715. The van der Waals surface area contributed by atoms with Gasteiger partial charge in [0.05, 0.1) is 5.02 Å². The molecule has 0 saturated carbocycles. The van der Waals surface area contributed by atoms with Crippen LogP contribution in [0.2, 0.25) is 5.02 Å². The molecule has 0 aliphatic carbocycles. The third-order valence-corrected chi connectivity index (χ3v) is 3.71. The van der Waals surface area contributed by atoms with Crippen LogP contribution in [0.3, 0.4) is 0 Å². The highest BCUT2D eigenvalue weighted by atomic mass is 35.5. The molecule has 0 saturated heterocycles. The maximum Gasteiger partial charge on any atom is 0.573 e. The van der Waals surface area contributed by atoms with Crippen molar-refractivity contribution in [2.45, 2.75) is 33.2 Å². The van der Waals surface area contributed by atoms with Gasteiger partial charge in [0.1, 0.15) is 24.9 Å². The molecule has 0 bridgehead atoms. The van der Waals surface area contributed by atoms with E-state index in [9.17, 15) is 18.0 Å². The van der Waals surface area contributed by atoms with Crippen molar-refractivity contribution in [1.82, 2.24) is 14.8 Å². The number of Topliss-reactive ketones (excluding diaryl/α,β-unsaturated/α-hetero) is 1. The van der Waals surface area contributed by atoms with Crippen molar-refractivity contribution in [3.63, 3.8) is 0 Å². The summed E-state index contributed by atoms with van der Waals surface area (Å²) in [5.41, 5.74) is -0.300. The van der Waals surface area contributed by atoms with Crippen LogP contribution in [0, 0.1) is 5.41 Å². The summed E-state index contributed by atoms with van der Waals surface area (Å²) >= 11 is 5.72. The predicted molar refractivity (Wildman–Crippen MR) is 80.6 cm³/mol. The van der Waals surface area contributed by atoms with Crippen LogP contribution in [0.4, 0.5) is 13.2 Å². The molecule has 0 unspecified atom stereocenters. The van der Waals surface area contributed by atoms with Gasteiger partial charge in [-0.3, -0.25) is 4.79 Å². The molecule has 0 N–H and O–H groups in total. The van der Waals surface area contributed by atoms with E-state index in [2.05, 4.69) is 14.8 Å². The lowest BCUT2D eigenvalue weighted by Gasteiger charge is -2.23. The van der Waals surface area contributed by atoms with Gasteiger partial charge in [-0.05, 0) is 24.1 Å². The Kier molecular flexibility index (Phi) is 5.17. The first-order chi connectivity index (χ1) is 11.1. The van der Waals surface area contributed by atoms with E-state index in [0.717, 1.165) is 0 Å². The van der Waals surface area contributed by atoms with Crippen molar-refractivity contribution in [1.29, 1.82) is 0 Å². The fraction of sp³-hybridized carbons (Fsp3) is 0.400. The molecule has 0 fully saturated rings.